The van der Waals surface area contributed by atoms with Crippen LogP contribution in [0.25, 0.3) is 5.00 Å². The molecule has 36 heavy (non-hydrogen) atoms. The number of hydrogen-bond acceptors (Lipinski definition) is 7. The zero-order chi connectivity index (χ0) is 25.4. The molecule has 4 aromatic rings. The second-order valence-corrected chi connectivity index (χ2v) is 9.90. The summed E-state index contributed by atoms with van der Waals surface area (Å²) in [6.07, 6.45) is 0. The van der Waals surface area contributed by atoms with E-state index in [1.165, 1.54) is 24.5 Å². The standard InChI is InChI=1S/C24H16Cl3N5O3S/c1-35-24(34)18-9-14-21(13-4-2-3-5-15(13)25)28-10-19-30-31-20(32(19)23(14)36-18)11-29-22(33)12-6-7-16(26)17(27)8-12/h2-9H,10-11H2,1H3,(H,29,33). The lowest BCUT2D eigenvalue weighted by Gasteiger charge is -2.10. The number of nitrogens with zero attached hydrogens (tertiary/aromatic N) is 4. The summed E-state index contributed by atoms with van der Waals surface area (Å²) in [5.74, 6) is 0.189. The summed E-state index contributed by atoms with van der Waals surface area (Å²) in [6, 6.07) is 13.7. The molecule has 0 aliphatic carbocycles. The highest BCUT2D eigenvalue weighted by molar-refractivity contribution is 7.16. The van der Waals surface area contributed by atoms with Crippen molar-refractivity contribution in [2.24, 2.45) is 4.99 Å². The van der Waals surface area contributed by atoms with Crippen LogP contribution in [0, 0.1) is 0 Å². The predicted molar refractivity (Wildman–Crippen MR) is 139 cm³/mol. The van der Waals surface area contributed by atoms with Gasteiger partial charge in [-0.25, -0.2) is 4.79 Å². The smallest absolute Gasteiger partial charge is 0.348 e. The van der Waals surface area contributed by atoms with Crippen molar-refractivity contribution in [1.29, 1.82) is 0 Å². The van der Waals surface area contributed by atoms with Gasteiger partial charge < -0.3 is 10.1 Å². The Balaban J connectivity index is 1.53. The normalized spacial score (nSPS) is 12.3. The SMILES string of the molecule is COC(=O)c1cc2c(s1)-n1c(nnc1CNC(=O)c1ccc(Cl)c(Cl)c1)CN=C2c1ccccc1Cl. The van der Waals surface area contributed by atoms with E-state index in [0.29, 0.717) is 48.4 Å². The molecule has 0 fully saturated rings. The van der Waals surface area contributed by atoms with Crippen LogP contribution in [0.3, 0.4) is 0 Å². The van der Waals surface area contributed by atoms with Gasteiger partial charge in [0.2, 0.25) is 0 Å². The molecule has 182 valence electrons. The molecule has 0 saturated heterocycles. The van der Waals surface area contributed by atoms with Gasteiger partial charge in [-0.15, -0.1) is 21.5 Å². The van der Waals surface area contributed by atoms with Crippen LogP contribution >= 0.6 is 46.1 Å². The lowest BCUT2D eigenvalue weighted by atomic mass is 10.0. The summed E-state index contributed by atoms with van der Waals surface area (Å²) in [4.78, 5) is 30.3. The van der Waals surface area contributed by atoms with Crippen LogP contribution in [-0.4, -0.2) is 39.5 Å². The fraction of sp³-hybridized carbons (Fsp3) is 0.125. The fourth-order valence-electron chi connectivity index (χ4n) is 3.74. The first-order chi connectivity index (χ1) is 17.4. The van der Waals surface area contributed by atoms with Crippen LogP contribution in [0.4, 0.5) is 0 Å². The van der Waals surface area contributed by atoms with Crippen molar-refractivity contribution in [2.75, 3.05) is 7.11 Å². The Hall–Kier alpha value is -3.24. The molecule has 1 aliphatic rings. The highest BCUT2D eigenvalue weighted by Crippen LogP contribution is 2.35. The molecule has 0 bridgehead atoms. The second kappa shape index (κ2) is 10.0. The van der Waals surface area contributed by atoms with E-state index in [-0.39, 0.29) is 24.0 Å². The maximum atomic E-state index is 12.7. The molecule has 0 saturated carbocycles. The summed E-state index contributed by atoms with van der Waals surface area (Å²) in [5, 5.41) is 13.2. The maximum absolute atomic E-state index is 12.7. The molecule has 12 heteroatoms. The van der Waals surface area contributed by atoms with Crippen LogP contribution in [0.15, 0.2) is 53.5 Å². The Morgan fingerprint density at radius 2 is 1.83 bits per heavy atom. The number of carbonyl (C=O) groups is 2. The van der Waals surface area contributed by atoms with E-state index in [1.54, 1.807) is 28.8 Å². The molecule has 0 atom stereocenters. The average Bonchev–Trinajstić information content (AvgIpc) is 3.45. The number of aromatic nitrogens is 3. The van der Waals surface area contributed by atoms with Gasteiger partial charge in [0.15, 0.2) is 11.6 Å². The Morgan fingerprint density at radius 3 is 2.58 bits per heavy atom. The number of amides is 1. The first-order valence-electron chi connectivity index (χ1n) is 10.6. The first-order valence-corrected chi connectivity index (χ1v) is 12.5. The lowest BCUT2D eigenvalue weighted by molar-refractivity contribution is 0.0606. The topological polar surface area (TPSA) is 98.5 Å². The summed E-state index contributed by atoms with van der Waals surface area (Å²) in [7, 11) is 1.32. The molecule has 1 N–H and O–H groups in total. The summed E-state index contributed by atoms with van der Waals surface area (Å²) in [6.45, 7) is 0.293. The van der Waals surface area contributed by atoms with E-state index < -0.39 is 5.97 Å². The molecule has 2 aromatic heterocycles. The number of thiophene rings is 1. The van der Waals surface area contributed by atoms with E-state index in [4.69, 9.17) is 44.5 Å². The number of aliphatic imine (C=N–C) groups is 1. The number of halogens is 3. The van der Waals surface area contributed by atoms with Gasteiger partial charge in [0, 0.05) is 21.7 Å². The summed E-state index contributed by atoms with van der Waals surface area (Å²) >= 11 is 19.7. The Bertz CT molecular complexity index is 1550. The van der Waals surface area contributed by atoms with E-state index in [9.17, 15) is 9.59 Å². The monoisotopic (exact) mass is 559 g/mol. The van der Waals surface area contributed by atoms with Crippen LogP contribution in [0.2, 0.25) is 15.1 Å². The average molecular weight is 561 g/mol. The summed E-state index contributed by atoms with van der Waals surface area (Å²) in [5.41, 5.74) is 2.39. The van der Waals surface area contributed by atoms with Crippen molar-refractivity contribution < 1.29 is 14.3 Å². The van der Waals surface area contributed by atoms with Gasteiger partial charge in [0.25, 0.3) is 5.91 Å². The predicted octanol–water partition coefficient (Wildman–Crippen LogP) is 5.36. The summed E-state index contributed by atoms with van der Waals surface area (Å²) < 4.78 is 6.74. The molecule has 2 aromatic carbocycles. The first kappa shape index (κ1) is 24.5. The minimum atomic E-state index is -0.476. The van der Waals surface area contributed by atoms with Crippen molar-refractivity contribution in [3.63, 3.8) is 0 Å². The molecular weight excluding hydrogens is 545 g/mol. The molecule has 0 spiro atoms. The quantitative estimate of drug-likeness (QED) is 0.332. The second-order valence-electron chi connectivity index (χ2n) is 7.65. The van der Waals surface area contributed by atoms with Crippen molar-refractivity contribution in [2.45, 2.75) is 13.1 Å². The van der Waals surface area contributed by atoms with Crippen molar-refractivity contribution >= 4 is 63.7 Å². The molecule has 5 rings (SSSR count). The largest absolute Gasteiger partial charge is 0.465 e. The van der Waals surface area contributed by atoms with Gasteiger partial charge in [-0.3, -0.25) is 14.4 Å². The zero-order valence-corrected chi connectivity index (χ0v) is 21.7. The highest BCUT2D eigenvalue weighted by Gasteiger charge is 2.28. The van der Waals surface area contributed by atoms with Gasteiger partial charge in [0.1, 0.15) is 16.4 Å². The molecule has 3 heterocycles. The van der Waals surface area contributed by atoms with Gasteiger partial charge in [0.05, 0.1) is 29.4 Å². The number of nitrogens with one attached hydrogen (secondary N) is 1. The number of ether oxygens (including phenoxy) is 1. The van der Waals surface area contributed by atoms with E-state index in [0.717, 1.165) is 5.56 Å². The Morgan fingerprint density at radius 1 is 1.03 bits per heavy atom. The zero-order valence-electron chi connectivity index (χ0n) is 18.6. The minimum Gasteiger partial charge on any atom is -0.465 e. The number of hydrogen-bond donors (Lipinski definition) is 1. The number of fused-ring (bicyclic) bond motifs is 3. The van der Waals surface area contributed by atoms with Gasteiger partial charge in [-0.05, 0) is 30.3 Å². The highest BCUT2D eigenvalue weighted by atomic mass is 35.5. The molecule has 1 aliphatic heterocycles. The lowest BCUT2D eigenvalue weighted by Crippen LogP contribution is -2.24. The molecule has 0 unspecified atom stereocenters. The van der Waals surface area contributed by atoms with Crippen LogP contribution in [0.5, 0.6) is 0 Å². The fourth-order valence-corrected chi connectivity index (χ4v) is 5.38. The van der Waals surface area contributed by atoms with Crippen LogP contribution in [-0.2, 0) is 17.8 Å². The molecule has 0 radical (unpaired) electrons. The Labute approximate surface area is 224 Å². The van der Waals surface area contributed by atoms with Crippen molar-refractivity contribution in [1.82, 2.24) is 20.1 Å². The number of methoxy groups -OCH3 is 1. The third-order valence-electron chi connectivity index (χ3n) is 5.45. The van der Waals surface area contributed by atoms with E-state index >= 15 is 0 Å². The number of benzene rings is 2. The maximum Gasteiger partial charge on any atom is 0.348 e. The minimum absolute atomic E-state index is 0.0679. The van der Waals surface area contributed by atoms with E-state index in [1.807, 2.05) is 18.2 Å². The molecular formula is C24H16Cl3N5O3S. The third-order valence-corrected chi connectivity index (χ3v) is 7.62. The number of esters is 1. The Kier molecular flexibility index (Phi) is 6.81. The van der Waals surface area contributed by atoms with Gasteiger partial charge in [-0.1, -0.05) is 53.0 Å². The van der Waals surface area contributed by atoms with Crippen LogP contribution < -0.4 is 5.32 Å². The van der Waals surface area contributed by atoms with Crippen molar-refractivity contribution in [3.8, 4) is 5.00 Å². The van der Waals surface area contributed by atoms with Gasteiger partial charge >= 0.3 is 5.97 Å². The molecule has 8 nitrogen and oxygen atoms in total. The number of rotatable bonds is 5. The number of carbonyl (C=O) groups excluding carboxylic acids is 2. The van der Waals surface area contributed by atoms with Crippen molar-refractivity contribution in [3.05, 3.63) is 96.8 Å². The molecule has 1 amide bonds. The van der Waals surface area contributed by atoms with E-state index in [2.05, 4.69) is 15.5 Å². The van der Waals surface area contributed by atoms with Crippen LogP contribution in [0.1, 0.15) is 42.8 Å². The van der Waals surface area contributed by atoms with Gasteiger partial charge in [-0.2, -0.15) is 0 Å². The third kappa shape index (κ3) is 4.51.